The number of carbonyl (C=O) groups excluding carboxylic acids is 1. The molecular formula is C12H20N2O5. The van der Waals surface area contributed by atoms with Crippen molar-refractivity contribution in [2.24, 2.45) is 5.92 Å². The summed E-state index contributed by atoms with van der Waals surface area (Å²) in [5, 5.41) is 8.67. The van der Waals surface area contributed by atoms with E-state index in [0.717, 1.165) is 0 Å². The van der Waals surface area contributed by atoms with Gasteiger partial charge in [0.2, 0.25) is 0 Å². The first kappa shape index (κ1) is 14.1. The van der Waals surface area contributed by atoms with Gasteiger partial charge in [0.05, 0.1) is 19.5 Å². The number of hydrogen-bond donors (Lipinski definition) is 1. The minimum Gasteiger partial charge on any atom is -0.481 e. The highest BCUT2D eigenvalue weighted by Gasteiger charge is 2.40. The second kappa shape index (κ2) is 5.75. The number of carboxylic acids is 1. The maximum Gasteiger partial charge on any atom is 0.320 e. The van der Waals surface area contributed by atoms with Crippen molar-refractivity contribution in [3.8, 4) is 0 Å². The quantitative estimate of drug-likeness (QED) is 0.770. The molecule has 2 rings (SSSR count). The maximum atomic E-state index is 12.2. The highest BCUT2D eigenvalue weighted by Crippen LogP contribution is 2.23. The van der Waals surface area contributed by atoms with Crippen molar-refractivity contribution < 1.29 is 24.2 Å². The molecule has 2 fully saturated rings. The number of hydrogen-bond acceptors (Lipinski definition) is 4. The zero-order chi connectivity index (χ0) is 14.0. The molecule has 0 aromatic rings. The number of aliphatic carboxylic acids is 1. The lowest BCUT2D eigenvalue weighted by Gasteiger charge is -2.40. The van der Waals surface area contributed by atoms with E-state index in [1.165, 1.54) is 0 Å². The molecule has 0 saturated carbocycles. The van der Waals surface area contributed by atoms with E-state index in [9.17, 15) is 9.59 Å². The highest BCUT2D eigenvalue weighted by molar-refractivity contribution is 5.76. The van der Waals surface area contributed by atoms with Crippen LogP contribution in [0.15, 0.2) is 0 Å². The van der Waals surface area contributed by atoms with Crippen molar-refractivity contribution in [2.75, 3.05) is 40.4 Å². The van der Waals surface area contributed by atoms with Gasteiger partial charge in [0.15, 0.2) is 0 Å². The summed E-state index contributed by atoms with van der Waals surface area (Å²) in [5.74, 6) is -0.724. The van der Waals surface area contributed by atoms with E-state index < -0.39 is 5.97 Å². The summed E-state index contributed by atoms with van der Waals surface area (Å²) in [4.78, 5) is 26.1. The van der Waals surface area contributed by atoms with E-state index in [2.05, 4.69) is 0 Å². The van der Waals surface area contributed by atoms with Gasteiger partial charge in [0.25, 0.3) is 0 Å². The second-order valence-corrected chi connectivity index (χ2v) is 5.10. The number of ether oxygens (including phenoxy) is 2. The van der Waals surface area contributed by atoms with E-state index in [1.54, 1.807) is 24.0 Å². The molecule has 2 amide bonds. The molecule has 2 heterocycles. The van der Waals surface area contributed by atoms with Crippen LogP contribution in [0.5, 0.6) is 0 Å². The van der Waals surface area contributed by atoms with Crippen LogP contribution in [0.1, 0.15) is 6.42 Å². The summed E-state index contributed by atoms with van der Waals surface area (Å²) in [6.07, 6.45) is -0.0550. The Bertz CT molecular complexity index is 344. The zero-order valence-corrected chi connectivity index (χ0v) is 11.2. The predicted molar refractivity (Wildman–Crippen MR) is 65.9 cm³/mol. The molecule has 7 heteroatoms. The van der Waals surface area contributed by atoms with Crippen molar-refractivity contribution >= 4 is 12.0 Å². The number of nitrogens with zero attached hydrogens (tertiary/aromatic N) is 2. The molecular weight excluding hydrogens is 252 g/mol. The molecule has 0 aromatic heterocycles. The van der Waals surface area contributed by atoms with Crippen LogP contribution in [0.25, 0.3) is 0 Å². The van der Waals surface area contributed by atoms with Gasteiger partial charge in [0.1, 0.15) is 12.2 Å². The molecule has 2 aliphatic heterocycles. The Hall–Kier alpha value is -1.34. The molecule has 2 saturated heterocycles. The summed E-state index contributed by atoms with van der Waals surface area (Å²) < 4.78 is 10.6. The molecule has 0 aromatic carbocycles. The second-order valence-electron chi connectivity index (χ2n) is 5.10. The van der Waals surface area contributed by atoms with Gasteiger partial charge in [0, 0.05) is 33.2 Å². The van der Waals surface area contributed by atoms with Gasteiger partial charge in [-0.05, 0) is 0 Å². The Morgan fingerprint density at radius 1 is 1.05 bits per heavy atom. The summed E-state index contributed by atoms with van der Waals surface area (Å²) in [7, 11) is 3.22. The largest absolute Gasteiger partial charge is 0.481 e. The minimum absolute atomic E-state index is 0.0526. The van der Waals surface area contributed by atoms with Crippen LogP contribution in [0.2, 0.25) is 0 Å². The Labute approximate surface area is 112 Å². The monoisotopic (exact) mass is 272 g/mol. The third-order valence-electron chi connectivity index (χ3n) is 3.78. The fraction of sp³-hybridized carbons (Fsp3) is 0.833. The molecule has 2 aliphatic rings. The smallest absolute Gasteiger partial charge is 0.320 e. The predicted octanol–water partition coefficient (Wildman–Crippen LogP) is -0.141. The van der Waals surface area contributed by atoms with Crippen molar-refractivity contribution in [1.82, 2.24) is 9.80 Å². The topological polar surface area (TPSA) is 79.3 Å². The zero-order valence-electron chi connectivity index (χ0n) is 11.2. The van der Waals surface area contributed by atoms with Crippen LogP contribution >= 0.6 is 0 Å². The van der Waals surface area contributed by atoms with Crippen molar-refractivity contribution in [1.29, 1.82) is 0 Å². The van der Waals surface area contributed by atoms with E-state index in [-0.39, 0.29) is 30.6 Å². The SMILES string of the molecule is COC1CN(C(=O)N2CC(CC(=O)O)C2)CC1OC. The third-order valence-corrected chi connectivity index (χ3v) is 3.78. The molecule has 7 nitrogen and oxygen atoms in total. The van der Waals surface area contributed by atoms with Crippen molar-refractivity contribution in [2.45, 2.75) is 18.6 Å². The van der Waals surface area contributed by atoms with Gasteiger partial charge in [-0.25, -0.2) is 4.79 Å². The lowest BCUT2D eigenvalue weighted by atomic mass is 9.97. The lowest BCUT2D eigenvalue weighted by Crippen LogP contribution is -2.55. The summed E-state index contributed by atoms with van der Waals surface area (Å²) in [6.45, 7) is 2.09. The van der Waals surface area contributed by atoms with E-state index in [1.807, 2.05) is 0 Å². The molecule has 2 atom stereocenters. The van der Waals surface area contributed by atoms with Gasteiger partial charge < -0.3 is 24.4 Å². The molecule has 0 bridgehead atoms. The first-order valence-corrected chi connectivity index (χ1v) is 6.36. The van der Waals surface area contributed by atoms with E-state index >= 15 is 0 Å². The van der Waals surface area contributed by atoms with Crippen molar-refractivity contribution in [3.63, 3.8) is 0 Å². The number of rotatable bonds is 4. The number of carboxylic acid groups (broad SMARTS) is 1. The van der Waals surface area contributed by atoms with Gasteiger partial charge in [-0.2, -0.15) is 0 Å². The number of likely N-dealkylation sites (tertiary alicyclic amines) is 2. The van der Waals surface area contributed by atoms with Gasteiger partial charge in [-0.3, -0.25) is 4.79 Å². The average molecular weight is 272 g/mol. The normalized spacial score (nSPS) is 27.5. The molecule has 108 valence electrons. The highest BCUT2D eigenvalue weighted by atomic mass is 16.5. The lowest BCUT2D eigenvalue weighted by molar-refractivity contribution is -0.139. The first-order chi connectivity index (χ1) is 9.05. The first-order valence-electron chi connectivity index (χ1n) is 6.36. The fourth-order valence-corrected chi connectivity index (χ4v) is 2.66. The Kier molecular flexibility index (Phi) is 4.26. The maximum absolute atomic E-state index is 12.2. The Balaban J connectivity index is 1.81. The number of carbonyl (C=O) groups is 2. The number of urea groups is 1. The molecule has 2 unspecified atom stereocenters. The average Bonchev–Trinajstić information content (AvgIpc) is 2.75. The summed E-state index contributed by atoms with van der Waals surface area (Å²) in [6, 6.07) is -0.0526. The summed E-state index contributed by atoms with van der Waals surface area (Å²) >= 11 is 0. The minimum atomic E-state index is -0.808. The molecule has 1 N–H and O–H groups in total. The molecule has 0 radical (unpaired) electrons. The van der Waals surface area contributed by atoms with E-state index in [0.29, 0.717) is 26.2 Å². The number of methoxy groups -OCH3 is 2. The standard InChI is InChI=1S/C12H20N2O5/c1-18-9-6-14(7-10(9)19-2)12(17)13-4-8(5-13)3-11(15)16/h8-10H,3-7H2,1-2H3,(H,15,16). The molecule has 0 aliphatic carbocycles. The van der Waals surface area contributed by atoms with Crippen LogP contribution in [-0.2, 0) is 14.3 Å². The van der Waals surface area contributed by atoms with E-state index in [4.69, 9.17) is 14.6 Å². The van der Waals surface area contributed by atoms with Crippen molar-refractivity contribution in [3.05, 3.63) is 0 Å². The molecule has 0 spiro atoms. The number of amides is 2. The van der Waals surface area contributed by atoms with Crippen LogP contribution < -0.4 is 0 Å². The van der Waals surface area contributed by atoms with Crippen LogP contribution in [0.4, 0.5) is 4.79 Å². The van der Waals surface area contributed by atoms with Crippen LogP contribution in [0, 0.1) is 5.92 Å². The fourth-order valence-electron chi connectivity index (χ4n) is 2.66. The van der Waals surface area contributed by atoms with Gasteiger partial charge in [-0.15, -0.1) is 0 Å². The van der Waals surface area contributed by atoms with Gasteiger partial charge >= 0.3 is 12.0 Å². The van der Waals surface area contributed by atoms with Crippen LogP contribution in [0.3, 0.4) is 0 Å². The Morgan fingerprint density at radius 3 is 1.95 bits per heavy atom. The molecule has 19 heavy (non-hydrogen) atoms. The summed E-state index contributed by atoms with van der Waals surface area (Å²) in [5.41, 5.74) is 0. The van der Waals surface area contributed by atoms with Gasteiger partial charge in [-0.1, -0.05) is 0 Å². The van der Waals surface area contributed by atoms with Crippen LogP contribution in [-0.4, -0.2) is 79.5 Å². The Morgan fingerprint density at radius 2 is 1.53 bits per heavy atom. The third kappa shape index (κ3) is 2.98.